The molecule has 0 aromatic heterocycles. The van der Waals surface area contributed by atoms with Crippen molar-refractivity contribution in [2.75, 3.05) is 42.7 Å². The van der Waals surface area contributed by atoms with E-state index in [9.17, 15) is 0 Å². The van der Waals surface area contributed by atoms with Crippen molar-refractivity contribution in [3.05, 3.63) is 72.3 Å². The Hall–Kier alpha value is -2.35. The highest BCUT2D eigenvalue weighted by molar-refractivity contribution is 8.32. The lowest BCUT2D eigenvalue weighted by atomic mass is 9.98. The van der Waals surface area contributed by atoms with Crippen LogP contribution in [0.2, 0.25) is 0 Å². The van der Waals surface area contributed by atoms with Crippen molar-refractivity contribution in [1.82, 2.24) is 4.90 Å². The minimum absolute atomic E-state index is 0.0448. The fourth-order valence-corrected chi connectivity index (χ4v) is 4.02. The van der Waals surface area contributed by atoms with Crippen LogP contribution in [0.15, 0.2) is 66.7 Å². The first-order valence-electron chi connectivity index (χ1n) is 11.3. The van der Waals surface area contributed by atoms with Gasteiger partial charge in [0.05, 0.1) is 0 Å². The summed E-state index contributed by atoms with van der Waals surface area (Å²) in [6.45, 7) is 11.4. The molecule has 1 N–H and O–H groups in total. The molecule has 2 aromatic rings. The highest BCUT2D eigenvalue weighted by Crippen LogP contribution is 2.39. The second-order valence-electron chi connectivity index (χ2n) is 9.61. The lowest BCUT2D eigenvalue weighted by Crippen LogP contribution is -2.22. The van der Waals surface area contributed by atoms with Crippen LogP contribution in [0.1, 0.15) is 33.3 Å². The molecule has 0 spiro atoms. The van der Waals surface area contributed by atoms with Crippen molar-refractivity contribution in [3.8, 4) is 17.6 Å². The van der Waals surface area contributed by atoms with Crippen LogP contribution >= 0.6 is 10.0 Å². The molecule has 2 aromatic carbocycles. The van der Waals surface area contributed by atoms with Crippen LogP contribution in [0, 0.1) is 17.3 Å². The summed E-state index contributed by atoms with van der Waals surface area (Å²) >= 11 is 0. The number of hydrogen-bond donors (Lipinski definition) is 1. The van der Waals surface area contributed by atoms with Gasteiger partial charge in [0.1, 0.15) is 11.7 Å². The molecule has 0 saturated heterocycles. The standard InChI is InChI=1S/C28H40N2OS/c1-7-30(20-13-9-12-19-28(2,3)4)22-25-15-14-18-27(21-25)31-24-32(5,6)23-29-26-16-10-8-11-17-26/h8-11,13-18,21,29H,7,20,22-24H2,1-6H3/b13-9+. The maximum atomic E-state index is 6.21. The molecular weight excluding hydrogens is 412 g/mol. The minimum atomic E-state index is -0.912. The molecule has 4 heteroatoms. The number of allylic oxidation sites excluding steroid dienone is 1. The first kappa shape index (κ1) is 25.9. The van der Waals surface area contributed by atoms with Crippen LogP contribution in [0.25, 0.3) is 0 Å². The monoisotopic (exact) mass is 452 g/mol. The second-order valence-corrected chi connectivity index (χ2v) is 13.7. The molecular formula is C28H40N2OS. The molecule has 0 unspecified atom stereocenters. The normalized spacial score (nSPS) is 12.5. The summed E-state index contributed by atoms with van der Waals surface area (Å²) in [4.78, 5) is 2.40. The van der Waals surface area contributed by atoms with Gasteiger partial charge in [-0.1, -0.05) is 55.2 Å². The predicted molar refractivity (Wildman–Crippen MR) is 144 cm³/mol. The molecule has 0 heterocycles. The van der Waals surface area contributed by atoms with Crippen molar-refractivity contribution >= 4 is 15.7 Å². The quantitative estimate of drug-likeness (QED) is 0.390. The highest BCUT2D eigenvalue weighted by Gasteiger charge is 2.13. The highest BCUT2D eigenvalue weighted by atomic mass is 32.3. The number of benzene rings is 2. The first-order chi connectivity index (χ1) is 15.2. The number of nitrogens with zero attached hydrogens (tertiary/aromatic N) is 1. The van der Waals surface area contributed by atoms with Crippen LogP contribution in [0.4, 0.5) is 5.69 Å². The lowest BCUT2D eigenvalue weighted by molar-refractivity contribution is 0.310. The fourth-order valence-electron chi connectivity index (χ4n) is 2.92. The maximum Gasteiger partial charge on any atom is 0.120 e. The summed E-state index contributed by atoms with van der Waals surface area (Å²) in [5.74, 6) is 9.01. The van der Waals surface area contributed by atoms with E-state index in [4.69, 9.17) is 4.74 Å². The van der Waals surface area contributed by atoms with Gasteiger partial charge in [0, 0.05) is 30.1 Å². The van der Waals surface area contributed by atoms with Gasteiger partial charge in [-0.2, -0.15) is 10.0 Å². The largest absolute Gasteiger partial charge is 0.484 e. The maximum absolute atomic E-state index is 6.21. The third kappa shape index (κ3) is 10.8. The Morgan fingerprint density at radius 1 is 1.06 bits per heavy atom. The molecule has 0 atom stereocenters. The molecule has 0 radical (unpaired) electrons. The van der Waals surface area contributed by atoms with Crippen LogP contribution in [0.5, 0.6) is 5.75 Å². The van der Waals surface area contributed by atoms with Crippen molar-refractivity contribution in [2.24, 2.45) is 5.41 Å². The van der Waals surface area contributed by atoms with Crippen molar-refractivity contribution in [1.29, 1.82) is 0 Å². The van der Waals surface area contributed by atoms with E-state index in [1.807, 2.05) is 12.1 Å². The van der Waals surface area contributed by atoms with E-state index in [2.05, 4.69) is 117 Å². The van der Waals surface area contributed by atoms with E-state index in [0.29, 0.717) is 0 Å². The summed E-state index contributed by atoms with van der Waals surface area (Å²) in [5.41, 5.74) is 2.48. The number of likely N-dealkylation sites (N-methyl/N-ethyl adjacent to an activating group) is 1. The van der Waals surface area contributed by atoms with Gasteiger partial charge in [-0.25, -0.2) is 0 Å². The molecule has 0 saturated carbocycles. The Bertz CT molecular complexity index is 904. The Morgan fingerprint density at radius 3 is 2.50 bits per heavy atom. The molecule has 0 fully saturated rings. The topological polar surface area (TPSA) is 24.5 Å². The van der Waals surface area contributed by atoms with Gasteiger partial charge >= 0.3 is 0 Å². The molecule has 0 amide bonds. The summed E-state index contributed by atoms with van der Waals surface area (Å²) in [6, 6.07) is 18.9. The van der Waals surface area contributed by atoms with Gasteiger partial charge in [0.15, 0.2) is 0 Å². The van der Waals surface area contributed by atoms with Crippen molar-refractivity contribution < 1.29 is 4.74 Å². The van der Waals surface area contributed by atoms with Crippen LogP contribution < -0.4 is 10.1 Å². The van der Waals surface area contributed by atoms with E-state index in [0.717, 1.165) is 42.9 Å². The summed E-state index contributed by atoms with van der Waals surface area (Å²) < 4.78 is 6.21. The summed E-state index contributed by atoms with van der Waals surface area (Å²) in [5, 5.41) is 3.54. The third-order valence-corrected chi connectivity index (χ3v) is 6.43. The van der Waals surface area contributed by atoms with Gasteiger partial charge < -0.3 is 10.1 Å². The Kier molecular flexibility index (Phi) is 10.2. The zero-order valence-corrected chi connectivity index (χ0v) is 21.5. The van der Waals surface area contributed by atoms with Crippen molar-refractivity contribution in [2.45, 2.75) is 34.2 Å². The van der Waals surface area contributed by atoms with Gasteiger partial charge in [-0.3, -0.25) is 4.90 Å². The number of ether oxygens (including phenoxy) is 1. The molecule has 0 aliphatic heterocycles. The molecule has 3 nitrogen and oxygen atoms in total. The number of para-hydroxylation sites is 1. The van der Waals surface area contributed by atoms with Gasteiger partial charge in [-0.15, -0.1) is 0 Å². The van der Waals surface area contributed by atoms with E-state index in [-0.39, 0.29) is 5.41 Å². The lowest BCUT2D eigenvalue weighted by Gasteiger charge is -2.31. The van der Waals surface area contributed by atoms with Crippen LogP contribution in [-0.2, 0) is 6.54 Å². The Morgan fingerprint density at radius 2 is 1.81 bits per heavy atom. The predicted octanol–water partition coefficient (Wildman–Crippen LogP) is 6.58. The van der Waals surface area contributed by atoms with E-state index in [1.54, 1.807) is 0 Å². The first-order valence-corrected chi connectivity index (χ1v) is 14.0. The average Bonchev–Trinajstić information content (AvgIpc) is 2.76. The van der Waals surface area contributed by atoms with Crippen molar-refractivity contribution in [3.63, 3.8) is 0 Å². The van der Waals surface area contributed by atoms with Crippen LogP contribution in [0.3, 0.4) is 0 Å². The minimum Gasteiger partial charge on any atom is -0.484 e. The number of anilines is 1. The SMILES string of the molecule is CCN(C/C=C/C#CC(C)(C)C)Cc1cccc(OCS(C)(C)CNc2ccccc2)c1. The zero-order valence-electron chi connectivity index (χ0n) is 20.7. The molecule has 32 heavy (non-hydrogen) atoms. The fraction of sp³-hybridized carbons (Fsp3) is 0.429. The van der Waals surface area contributed by atoms with E-state index < -0.39 is 10.0 Å². The van der Waals surface area contributed by atoms with Gasteiger partial charge in [-0.05, 0) is 75.7 Å². The van der Waals surface area contributed by atoms with Gasteiger partial charge in [0.25, 0.3) is 0 Å². The smallest absolute Gasteiger partial charge is 0.120 e. The molecule has 174 valence electrons. The number of nitrogens with one attached hydrogen (secondary N) is 1. The Balaban J connectivity index is 1.86. The van der Waals surface area contributed by atoms with E-state index >= 15 is 0 Å². The molecule has 0 bridgehead atoms. The number of rotatable bonds is 11. The Labute approximate surface area is 197 Å². The van der Waals surface area contributed by atoms with Gasteiger partial charge in [0.2, 0.25) is 0 Å². The zero-order chi connectivity index (χ0) is 23.5. The van der Waals surface area contributed by atoms with Crippen LogP contribution in [-0.4, -0.2) is 42.3 Å². The van der Waals surface area contributed by atoms with E-state index in [1.165, 1.54) is 5.56 Å². The molecule has 0 aliphatic rings. The average molecular weight is 453 g/mol. The summed E-state index contributed by atoms with van der Waals surface area (Å²) in [7, 11) is -0.912. The molecule has 2 rings (SSSR count). The molecule has 0 aliphatic carbocycles. The second kappa shape index (κ2) is 12.6. The number of hydrogen-bond acceptors (Lipinski definition) is 3. The third-order valence-electron chi connectivity index (χ3n) is 4.75. The summed E-state index contributed by atoms with van der Waals surface area (Å²) in [6.07, 6.45) is 8.73.